The lowest BCUT2D eigenvalue weighted by Crippen LogP contribution is -2.25. The first-order valence-corrected chi connectivity index (χ1v) is 10.3. The van der Waals surface area contributed by atoms with Gasteiger partial charge in [-0.05, 0) is 43.5 Å². The monoisotopic (exact) mass is 397 g/mol. The SMILES string of the molecule is CCc1nc(C)c2c(C)c(C(=O)NCCc3ccc4c(c3)OCCO4)sc2n1. The lowest BCUT2D eigenvalue weighted by Gasteiger charge is -2.18. The zero-order valence-corrected chi connectivity index (χ0v) is 17.1. The molecule has 0 saturated heterocycles. The molecule has 1 amide bonds. The average molecular weight is 398 g/mol. The van der Waals surface area contributed by atoms with Crippen LogP contribution in [0.2, 0.25) is 0 Å². The van der Waals surface area contributed by atoms with Gasteiger partial charge in [0.25, 0.3) is 5.91 Å². The number of nitrogens with one attached hydrogen (secondary N) is 1. The molecule has 0 saturated carbocycles. The lowest BCUT2D eigenvalue weighted by atomic mass is 10.1. The fourth-order valence-corrected chi connectivity index (χ4v) is 4.58. The molecule has 0 fully saturated rings. The number of ether oxygens (including phenoxy) is 2. The minimum Gasteiger partial charge on any atom is -0.486 e. The quantitative estimate of drug-likeness (QED) is 0.712. The van der Waals surface area contributed by atoms with E-state index in [9.17, 15) is 4.79 Å². The molecular formula is C21H23N3O3S. The molecule has 3 heterocycles. The molecule has 7 heteroatoms. The van der Waals surface area contributed by atoms with Crippen LogP contribution < -0.4 is 14.8 Å². The van der Waals surface area contributed by atoms with Crippen molar-refractivity contribution in [2.24, 2.45) is 0 Å². The van der Waals surface area contributed by atoms with E-state index in [4.69, 9.17) is 9.47 Å². The average Bonchev–Trinajstić information content (AvgIpc) is 3.04. The first-order valence-electron chi connectivity index (χ1n) is 9.50. The minimum atomic E-state index is -0.0597. The second-order valence-corrected chi connectivity index (χ2v) is 7.80. The van der Waals surface area contributed by atoms with Crippen LogP contribution >= 0.6 is 11.3 Å². The van der Waals surface area contributed by atoms with Gasteiger partial charge in [-0.2, -0.15) is 0 Å². The fourth-order valence-electron chi connectivity index (χ4n) is 3.41. The van der Waals surface area contributed by atoms with E-state index in [-0.39, 0.29) is 5.91 Å². The summed E-state index contributed by atoms with van der Waals surface area (Å²) < 4.78 is 11.2. The molecule has 0 spiro atoms. The Bertz CT molecular complexity index is 1050. The predicted molar refractivity (Wildman–Crippen MR) is 110 cm³/mol. The van der Waals surface area contributed by atoms with Crippen LogP contribution in [-0.2, 0) is 12.8 Å². The fraction of sp³-hybridized carbons (Fsp3) is 0.381. The number of aromatic nitrogens is 2. The predicted octanol–water partition coefficient (Wildman–Crippen LogP) is 3.61. The zero-order chi connectivity index (χ0) is 19.7. The van der Waals surface area contributed by atoms with E-state index >= 15 is 0 Å². The van der Waals surface area contributed by atoms with Crippen LogP contribution in [0.25, 0.3) is 10.2 Å². The van der Waals surface area contributed by atoms with Gasteiger partial charge in [-0.3, -0.25) is 4.79 Å². The number of benzene rings is 1. The summed E-state index contributed by atoms with van der Waals surface area (Å²) in [4.78, 5) is 23.4. The first kappa shape index (κ1) is 18.7. The van der Waals surface area contributed by atoms with Gasteiger partial charge >= 0.3 is 0 Å². The Balaban J connectivity index is 1.45. The molecule has 0 atom stereocenters. The molecule has 4 rings (SSSR count). The highest BCUT2D eigenvalue weighted by atomic mass is 32.1. The topological polar surface area (TPSA) is 73.3 Å². The highest BCUT2D eigenvalue weighted by Gasteiger charge is 2.19. The van der Waals surface area contributed by atoms with Crippen molar-refractivity contribution < 1.29 is 14.3 Å². The number of amides is 1. The molecule has 146 valence electrons. The van der Waals surface area contributed by atoms with Crippen molar-refractivity contribution in [1.82, 2.24) is 15.3 Å². The third kappa shape index (κ3) is 3.54. The van der Waals surface area contributed by atoms with Crippen LogP contribution in [0, 0.1) is 13.8 Å². The number of thiophene rings is 1. The van der Waals surface area contributed by atoms with Gasteiger partial charge in [0.2, 0.25) is 0 Å². The number of aryl methyl sites for hydroxylation is 3. The second-order valence-electron chi connectivity index (χ2n) is 6.80. The van der Waals surface area contributed by atoms with Crippen LogP contribution in [0.5, 0.6) is 11.5 Å². The van der Waals surface area contributed by atoms with Gasteiger partial charge in [0.1, 0.15) is 23.9 Å². The van der Waals surface area contributed by atoms with Gasteiger partial charge in [0, 0.05) is 24.0 Å². The molecule has 3 aromatic rings. The Morgan fingerprint density at radius 2 is 1.96 bits per heavy atom. The molecule has 1 aliphatic heterocycles. The van der Waals surface area contributed by atoms with E-state index in [1.807, 2.05) is 39.0 Å². The summed E-state index contributed by atoms with van der Waals surface area (Å²) in [6.07, 6.45) is 1.51. The molecule has 2 aromatic heterocycles. The molecule has 0 unspecified atom stereocenters. The summed E-state index contributed by atoms with van der Waals surface area (Å²) in [5.41, 5.74) is 3.00. The number of nitrogens with zero attached hydrogens (tertiary/aromatic N) is 2. The van der Waals surface area contributed by atoms with Gasteiger partial charge in [0.15, 0.2) is 11.5 Å². The van der Waals surface area contributed by atoms with Gasteiger partial charge in [-0.15, -0.1) is 11.3 Å². The van der Waals surface area contributed by atoms with Crippen molar-refractivity contribution in [2.45, 2.75) is 33.6 Å². The third-order valence-electron chi connectivity index (χ3n) is 4.85. The van der Waals surface area contributed by atoms with E-state index in [1.165, 1.54) is 11.3 Å². The molecule has 6 nitrogen and oxygen atoms in total. The number of hydrogen-bond acceptors (Lipinski definition) is 6. The van der Waals surface area contributed by atoms with Crippen molar-refractivity contribution in [1.29, 1.82) is 0 Å². The summed E-state index contributed by atoms with van der Waals surface area (Å²) in [6, 6.07) is 5.92. The Labute approximate surface area is 167 Å². The van der Waals surface area contributed by atoms with Crippen molar-refractivity contribution in [3.63, 3.8) is 0 Å². The molecule has 1 N–H and O–H groups in total. The Morgan fingerprint density at radius 3 is 2.75 bits per heavy atom. The van der Waals surface area contributed by atoms with Crippen molar-refractivity contribution >= 4 is 27.5 Å². The minimum absolute atomic E-state index is 0.0597. The maximum absolute atomic E-state index is 12.7. The number of fused-ring (bicyclic) bond motifs is 2. The summed E-state index contributed by atoms with van der Waals surface area (Å²) in [5, 5.41) is 4.03. The van der Waals surface area contributed by atoms with Crippen LogP contribution in [0.3, 0.4) is 0 Å². The summed E-state index contributed by atoms with van der Waals surface area (Å²) in [5.74, 6) is 2.31. The number of rotatable bonds is 5. The lowest BCUT2D eigenvalue weighted by molar-refractivity contribution is 0.0957. The molecule has 28 heavy (non-hydrogen) atoms. The molecular weight excluding hydrogens is 374 g/mol. The van der Waals surface area contributed by atoms with Crippen molar-refractivity contribution in [3.8, 4) is 11.5 Å². The van der Waals surface area contributed by atoms with Crippen LogP contribution in [0.4, 0.5) is 0 Å². The van der Waals surface area contributed by atoms with E-state index < -0.39 is 0 Å². The molecule has 0 aliphatic carbocycles. The summed E-state index contributed by atoms with van der Waals surface area (Å²) in [7, 11) is 0. The van der Waals surface area contributed by atoms with Crippen LogP contribution in [0.15, 0.2) is 18.2 Å². The van der Waals surface area contributed by atoms with Gasteiger partial charge in [0.05, 0.1) is 4.88 Å². The van der Waals surface area contributed by atoms with E-state index in [1.54, 1.807) is 0 Å². The molecule has 0 bridgehead atoms. The Hall–Kier alpha value is -2.67. The van der Waals surface area contributed by atoms with E-state index in [2.05, 4.69) is 15.3 Å². The Kier molecular flexibility index (Phi) is 5.17. The first-order chi connectivity index (χ1) is 13.6. The maximum atomic E-state index is 12.7. The largest absolute Gasteiger partial charge is 0.486 e. The third-order valence-corrected chi connectivity index (χ3v) is 6.03. The highest BCUT2D eigenvalue weighted by molar-refractivity contribution is 7.20. The normalized spacial score (nSPS) is 13.0. The maximum Gasteiger partial charge on any atom is 0.261 e. The molecule has 0 radical (unpaired) electrons. The number of hydrogen-bond donors (Lipinski definition) is 1. The smallest absolute Gasteiger partial charge is 0.261 e. The van der Waals surface area contributed by atoms with Crippen molar-refractivity contribution in [3.05, 3.63) is 45.7 Å². The van der Waals surface area contributed by atoms with Gasteiger partial charge < -0.3 is 14.8 Å². The second kappa shape index (κ2) is 7.75. The number of carbonyl (C=O) groups excluding carboxylic acids is 1. The summed E-state index contributed by atoms with van der Waals surface area (Å²) >= 11 is 1.44. The van der Waals surface area contributed by atoms with E-state index in [0.29, 0.717) is 24.6 Å². The number of carbonyl (C=O) groups is 1. The van der Waals surface area contributed by atoms with Crippen molar-refractivity contribution in [2.75, 3.05) is 19.8 Å². The Morgan fingerprint density at radius 1 is 1.18 bits per heavy atom. The summed E-state index contributed by atoms with van der Waals surface area (Å²) in [6.45, 7) is 7.69. The zero-order valence-electron chi connectivity index (χ0n) is 16.3. The van der Waals surface area contributed by atoms with E-state index in [0.717, 1.165) is 57.2 Å². The standard InChI is InChI=1S/C21H23N3O3S/c1-4-17-23-13(3)18-12(2)19(28-21(18)24-17)20(25)22-8-7-14-5-6-15-16(11-14)27-10-9-26-15/h5-6,11H,4,7-10H2,1-3H3,(H,22,25). The highest BCUT2D eigenvalue weighted by Crippen LogP contribution is 2.32. The molecule has 1 aliphatic rings. The van der Waals surface area contributed by atoms with Gasteiger partial charge in [-0.25, -0.2) is 9.97 Å². The van der Waals surface area contributed by atoms with Crippen LogP contribution in [0.1, 0.15) is 39.2 Å². The molecule has 1 aromatic carbocycles. The van der Waals surface area contributed by atoms with Gasteiger partial charge in [-0.1, -0.05) is 13.0 Å². The van der Waals surface area contributed by atoms with Crippen LogP contribution in [-0.4, -0.2) is 35.6 Å².